The van der Waals surface area contributed by atoms with E-state index >= 15 is 0 Å². The van der Waals surface area contributed by atoms with Gasteiger partial charge in [-0.15, -0.1) is 11.3 Å². The van der Waals surface area contributed by atoms with Gasteiger partial charge in [0, 0.05) is 17.8 Å². The van der Waals surface area contributed by atoms with Gasteiger partial charge in [-0.1, -0.05) is 24.3 Å². The van der Waals surface area contributed by atoms with E-state index in [0.29, 0.717) is 33.6 Å². The van der Waals surface area contributed by atoms with Gasteiger partial charge in [0.1, 0.15) is 6.54 Å². The zero-order chi connectivity index (χ0) is 24.2. The molecule has 35 heavy (non-hydrogen) atoms. The molecule has 10 heteroatoms. The maximum absolute atomic E-state index is 13.8. The van der Waals surface area contributed by atoms with E-state index in [4.69, 9.17) is 0 Å². The maximum atomic E-state index is 13.8. The number of alkyl halides is 3. The third kappa shape index (κ3) is 4.25. The summed E-state index contributed by atoms with van der Waals surface area (Å²) in [6.45, 7) is -1.27. The molecule has 6 nitrogen and oxygen atoms in total. The first-order valence-corrected chi connectivity index (χ1v) is 11.9. The molecule has 0 amide bonds. The first-order chi connectivity index (χ1) is 16.9. The summed E-state index contributed by atoms with van der Waals surface area (Å²) in [6.07, 6.45) is 0.947. The Bertz CT molecular complexity index is 1620. The minimum Gasteiger partial charge on any atom is -0.345 e. The van der Waals surface area contributed by atoms with Crippen molar-refractivity contribution in [2.45, 2.75) is 24.9 Å². The molecule has 2 aromatic carbocycles. The molecule has 5 aromatic rings. The molecular weight excluding hydrogens is 475 g/mol. The van der Waals surface area contributed by atoms with Crippen LogP contribution in [0.2, 0.25) is 0 Å². The number of fused-ring (bicyclic) bond motifs is 2. The summed E-state index contributed by atoms with van der Waals surface area (Å²) in [7, 11) is 0. The smallest absolute Gasteiger partial charge is 0.345 e. The Morgan fingerprint density at radius 3 is 2.63 bits per heavy atom. The van der Waals surface area contributed by atoms with Crippen molar-refractivity contribution in [3.8, 4) is 16.8 Å². The normalized spacial score (nSPS) is 14.0. The van der Waals surface area contributed by atoms with Gasteiger partial charge in [-0.3, -0.25) is 9.36 Å². The molecule has 0 atom stereocenters. The molecule has 0 bridgehead atoms. The van der Waals surface area contributed by atoms with Crippen molar-refractivity contribution in [1.29, 1.82) is 0 Å². The third-order valence-electron chi connectivity index (χ3n) is 6.04. The van der Waals surface area contributed by atoms with Crippen molar-refractivity contribution in [2.24, 2.45) is 0 Å². The van der Waals surface area contributed by atoms with Crippen LogP contribution in [0.1, 0.15) is 24.3 Å². The highest BCUT2D eigenvalue weighted by atomic mass is 32.1. The molecule has 0 unspecified atom stereocenters. The number of anilines is 1. The van der Waals surface area contributed by atoms with E-state index in [2.05, 4.69) is 20.3 Å². The second kappa shape index (κ2) is 8.16. The molecule has 176 valence electrons. The molecule has 1 fully saturated rings. The molecule has 0 spiro atoms. The minimum absolute atomic E-state index is 0.186. The highest BCUT2D eigenvalue weighted by Crippen LogP contribution is 2.40. The Morgan fingerprint density at radius 1 is 1.09 bits per heavy atom. The van der Waals surface area contributed by atoms with Crippen LogP contribution in [0.3, 0.4) is 0 Å². The summed E-state index contributed by atoms with van der Waals surface area (Å²) in [4.78, 5) is 26.5. The van der Waals surface area contributed by atoms with Crippen LogP contribution in [-0.4, -0.2) is 32.2 Å². The minimum atomic E-state index is -4.42. The van der Waals surface area contributed by atoms with Crippen molar-refractivity contribution in [3.63, 3.8) is 0 Å². The number of thiazole rings is 1. The largest absolute Gasteiger partial charge is 0.405 e. The van der Waals surface area contributed by atoms with Crippen LogP contribution < -0.4 is 10.9 Å². The number of aromatic nitrogens is 4. The van der Waals surface area contributed by atoms with Gasteiger partial charge in [0.25, 0.3) is 5.56 Å². The standard InChI is InChI=1S/C25H18F3N5OS/c26-25(27,28)12-30-24-29-10-17-11-33(18-7-8-19-20(9-18)35-13-31-19)23(34)21(22(17)32-24)16-5-3-15(4-6-16)14-1-2-14/h3-11,13-14H,1-2,12H2,(H,30,32). The number of benzene rings is 2. The zero-order valence-electron chi connectivity index (χ0n) is 18.2. The van der Waals surface area contributed by atoms with E-state index in [1.54, 1.807) is 11.7 Å². The van der Waals surface area contributed by atoms with Crippen molar-refractivity contribution >= 4 is 38.4 Å². The molecule has 1 aliphatic carbocycles. The zero-order valence-corrected chi connectivity index (χ0v) is 19.0. The van der Waals surface area contributed by atoms with Gasteiger partial charge in [-0.05, 0) is 48.1 Å². The fourth-order valence-corrected chi connectivity index (χ4v) is 4.86. The number of rotatable bonds is 5. The summed E-state index contributed by atoms with van der Waals surface area (Å²) >= 11 is 1.47. The Kier molecular flexibility index (Phi) is 5.06. The summed E-state index contributed by atoms with van der Waals surface area (Å²) in [6, 6.07) is 13.3. The van der Waals surface area contributed by atoms with Gasteiger partial charge < -0.3 is 5.32 Å². The predicted octanol–water partition coefficient (Wildman–Crippen LogP) is 5.91. The predicted molar refractivity (Wildman–Crippen MR) is 130 cm³/mol. The topological polar surface area (TPSA) is 72.7 Å². The molecule has 6 rings (SSSR count). The summed E-state index contributed by atoms with van der Waals surface area (Å²) in [5.41, 5.74) is 5.39. The molecule has 1 N–H and O–H groups in total. The summed E-state index contributed by atoms with van der Waals surface area (Å²) in [5, 5.41) is 2.74. The van der Waals surface area contributed by atoms with E-state index < -0.39 is 12.7 Å². The van der Waals surface area contributed by atoms with Crippen molar-refractivity contribution < 1.29 is 13.2 Å². The number of halogens is 3. The van der Waals surface area contributed by atoms with E-state index in [1.165, 1.54) is 27.7 Å². The Hall–Kier alpha value is -3.79. The van der Waals surface area contributed by atoms with Gasteiger partial charge in [0.15, 0.2) is 0 Å². The van der Waals surface area contributed by atoms with E-state index in [0.717, 1.165) is 23.1 Å². The fraction of sp³-hybridized carbons (Fsp3) is 0.200. The fourth-order valence-electron chi connectivity index (χ4n) is 4.15. The lowest BCUT2D eigenvalue weighted by molar-refractivity contribution is -0.115. The van der Waals surface area contributed by atoms with E-state index in [-0.39, 0.29) is 11.5 Å². The van der Waals surface area contributed by atoms with Crippen LogP contribution in [-0.2, 0) is 0 Å². The summed E-state index contributed by atoms with van der Waals surface area (Å²) in [5.74, 6) is 0.369. The highest BCUT2D eigenvalue weighted by Gasteiger charge is 2.27. The average molecular weight is 494 g/mol. The first-order valence-electron chi connectivity index (χ1n) is 11.0. The van der Waals surface area contributed by atoms with Crippen LogP contribution in [0.4, 0.5) is 19.1 Å². The van der Waals surface area contributed by atoms with Gasteiger partial charge in [0.2, 0.25) is 5.95 Å². The van der Waals surface area contributed by atoms with Gasteiger partial charge in [0.05, 0.1) is 32.5 Å². The number of hydrogen-bond acceptors (Lipinski definition) is 6. The molecule has 0 aliphatic heterocycles. The molecule has 3 aromatic heterocycles. The van der Waals surface area contributed by atoms with Gasteiger partial charge in [-0.25, -0.2) is 15.0 Å². The molecular formula is C25H18F3N5OS. The van der Waals surface area contributed by atoms with Crippen LogP contribution >= 0.6 is 11.3 Å². The lowest BCUT2D eigenvalue weighted by Crippen LogP contribution is -2.23. The maximum Gasteiger partial charge on any atom is 0.405 e. The molecule has 0 saturated heterocycles. The lowest BCUT2D eigenvalue weighted by Gasteiger charge is -2.14. The lowest BCUT2D eigenvalue weighted by atomic mass is 10.0. The highest BCUT2D eigenvalue weighted by molar-refractivity contribution is 7.16. The quantitative estimate of drug-likeness (QED) is 0.330. The van der Waals surface area contributed by atoms with Crippen molar-refractivity contribution in [3.05, 3.63) is 76.3 Å². The second-order valence-electron chi connectivity index (χ2n) is 8.55. The van der Waals surface area contributed by atoms with Crippen LogP contribution in [0.5, 0.6) is 0 Å². The summed E-state index contributed by atoms with van der Waals surface area (Å²) < 4.78 is 40.6. The van der Waals surface area contributed by atoms with E-state index in [1.807, 2.05) is 42.5 Å². The van der Waals surface area contributed by atoms with E-state index in [9.17, 15) is 18.0 Å². The molecule has 1 aliphatic rings. The second-order valence-corrected chi connectivity index (χ2v) is 9.43. The van der Waals surface area contributed by atoms with Gasteiger partial charge in [-0.2, -0.15) is 13.2 Å². The third-order valence-corrected chi connectivity index (χ3v) is 6.83. The van der Waals surface area contributed by atoms with Crippen LogP contribution in [0, 0.1) is 0 Å². The monoisotopic (exact) mass is 493 g/mol. The SMILES string of the molecule is O=c1c(-c2ccc(C3CC3)cc2)c2nc(NCC(F)(F)F)ncc2cn1-c1ccc2ncsc2c1. The number of pyridine rings is 1. The number of nitrogens with zero attached hydrogens (tertiary/aromatic N) is 4. The molecule has 3 heterocycles. The van der Waals surface area contributed by atoms with Crippen LogP contribution in [0.15, 0.2) is 65.2 Å². The Labute approximate surface area is 201 Å². The van der Waals surface area contributed by atoms with Crippen molar-refractivity contribution in [1.82, 2.24) is 19.5 Å². The van der Waals surface area contributed by atoms with Crippen molar-refractivity contribution in [2.75, 3.05) is 11.9 Å². The average Bonchev–Trinajstić information content (AvgIpc) is 3.59. The van der Waals surface area contributed by atoms with Crippen LogP contribution in [0.25, 0.3) is 37.9 Å². The Balaban J connectivity index is 1.54. The number of nitrogens with one attached hydrogen (secondary N) is 1. The van der Waals surface area contributed by atoms with Gasteiger partial charge >= 0.3 is 6.18 Å². The molecule has 0 radical (unpaired) electrons. The Morgan fingerprint density at radius 2 is 1.89 bits per heavy atom. The number of hydrogen-bond donors (Lipinski definition) is 1. The first kappa shape index (κ1) is 21.7. The molecule has 1 saturated carbocycles.